The number of carbonyl (C=O) groups excluding carboxylic acids is 2. The molecule has 0 aliphatic heterocycles. The van der Waals surface area contributed by atoms with Gasteiger partial charge in [0.2, 0.25) is 11.8 Å². The highest BCUT2D eigenvalue weighted by Gasteiger charge is 2.19. The number of amides is 2. The lowest BCUT2D eigenvalue weighted by atomic mass is 10.1. The maximum absolute atomic E-state index is 13.6. The largest absolute Gasteiger partial charge is 0.326 e. The molecule has 0 saturated heterocycles. The smallest absolute Gasteiger partial charge is 0.229 e. The van der Waals surface area contributed by atoms with Crippen LogP contribution in [0.3, 0.4) is 0 Å². The molecule has 1 heterocycles. The lowest BCUT2D eigenvalue weighted by Crippen LogP contribution is -2.24. The van der Waals surface area contributed by atoms with Crippen molar-refractivity contribution >= 4 is 52.2 Å². The molecular formula is C21H14Cl2F3N3O2. The van der Waals surface area contributed by atoms with Crippen molar-refractivity contribution in [3.05, 3.63) is 81.7 Å². The Morgan fingerprint density at radius 3 is 2.13 bits per heavy atom. The molecule has 0 aliphatic carbocycles. The van der Waals surface area contributed by atoms with Crippen LogP contribution in [0.25, 0.3) is 0 Å². The van der Waals surface area contributed by atoms with Crippen LogP contribution >= 0.6 is 23.2 Å². The summed E-state index contributed by atoms with van der Waals surface area (Å²) < 4.78 is 40.5. The van der Waals surface area contributed by atoms with Gasteiger partial charge in [0.15, 0.2) is 0 Å². The van der Waals surface area contributed by atoms with Crippen LogP contribution in [-0.2, 0) is 16.0 Å². The van der Waals surface area contributed by atoms with Crippen molar-refractivity contribution in [3.8, 4) is 0 Å². The van der Waals surface area contributed by atoms with Crippen LogP contribution in [0.4, 0.5) is 30.4 Å². The van der Waals surface area contributed by atoms with Gasteiger partial charge in [0.25, 0.3) is 0 Å². The number of nitrogens with one attached hydrogen (secondary N) is 1. The second-order valence-electron chi connectivity index (χ2n) is 6.46. The van der Waals surface area contributed by atoms with E-state index in [9.17, 15) is 22.8 Å². The van der Waals surface area contributed by atoms with E-state index < -0.39 is 29.3 Å². The van der Waals surface area contributed by atoms with E-state index in [1.165, 1.54) is 25.3 Å². The van der Waals surface area contributed by atoms with Gasteiger partial charge in [0.05, 0.1) is 12.1 Å². The lowest BCUT2D eigenvalue weighted by Gasteiger charge is -2.21. The number of hydrogen-bond donors (Lipinski definition) is 1. The fraction of sp³-hybridized carbons (Fsp3) is 0.0952. The molecule has 31 heavy (non-hydrogen) atoms. The van der Waals surface area contributed by atoms with Gasteiger partial charge in [0, 0.05) is 41.0 Å². The number of nitrogens with zero attached hydrogens (tertiary/aromatic N) is 2. The number of carbonyl (C=O) groups is 2. The molecule has 0 saturated carbocycles. The molecule has 2 aromatic carbocycles. The van der Waals surface area contributed by atoms with E-state index in [-0.39, 0.29) is 39.2 Å². The van der Waals surface area contributed by atoms with Gasteiger partial charge in [-0.05, 0) is 35.9 Å². The van der Waals surface area contributed by atoms with Crippen LogP contribution in [0.5, 0.6) is 0 Å². The summed E-state index contributed by atoms with van der Waals surface area (Å²) in [4.78, 5) is 29.6. The summed E-state index contributed by atoms with van der Waals surface area (Å²) >= 11 is 11.9. The minimum absolute atomic E-state index is 0.00598. The van der Waals surface area contributed by atoms with Gasteiger partial charge in [-0.15, -0.1) is 0 Å². The first-order valence-corrected chi connectivity index (χ1v) is 9.55. The normalized spacial score (nSPS) is 10.6. The van der Waals surface area contributed by atoms with Crippen molar-refractivity contribution in [2.75, 3.05) is 10.2 Å². The lowest BCUT2D eigenvalue weighted by molar-refractivity contribution is -0.116. The molecular weight excluding hydrogens is 454 g/mol. The molecule has 0 radical (unpaired) electrons. The van der Waals surface area contributed by atoms with E-state index in [1.54, 1.807) is 0 Å². The quantitative estimate of drug-likeness (QED) is 0.525. The minimum Gasteiger partial charge on any atom is -0.326 e. The molecule has 2 amide bonds. The van der Waals surface area contributed by atoms with E-state index >= 15 is 0 Å². The number of halogens is 5. The Kier molecular flexibility index (Phi) is 6.82. The molecule has 1 N–H and O–H groups in total. The summed E-state index contributed by atoms with van der Waals surface area (Å²) in [7, 11) is 0. The molecule has 0 bridgehead atoms. The molecule has 0 unspecified atom stereocenters. The highest BCUT2D eigenvalue weighted by Crippen LogP contribution is 2.29. The third kappa shape index (κ3) is 5.53. The van der Waals surface area contributed by atoms with Gasteiger partial charge < -0.3 is 5.32 Å². The Hall–Kier alpha value is -3.10. The first-order chi connectivity index (χ1) is 14.6. The van der Waals surface area contributed by atoms with Crippen LogP contribution in [0.15, 0.2) is 48.7 Å². The molecule has 0 atom stereocenters. The van der Waals surface area contributed by atoms with E-state index in [1.807, 2.05) is 0 Å². The van der Waals surface area contributed by atoms with Gasteiger partial charge in [-0.3, -0.25) is 14.5 Å². The monoisotopic (exact) mass is 467 g/mol. The van der Waals surface area contributed by atoms with E-state index in [2.05, 4.69) is 10.3 Å². The Labute approximate surface area is 185 Å². The zero-order valence-corrected chi connectivity index (χ0v) is 17.4. The predicted molar refractivity (Wildman–Crippen MR) is 112 cm³/mol. The number of rotatable bonds is 5. The summed E-state index contributed by atoms with van der Waals surface area (Å²) in [6.45, 7) is 1.20. The highest BCUT2D eigenvalue weighted by atomic mass is 35.5. The maximum atomic E-state index is 13.6. The second kappa shape index (κ2) is 9.36. The molecule has 0 aliphatic rings. The Morgan fingerprint density at radius 2 is 1.55 bits per heavy atom. The Bertz CT molecular complexity index is 1130. The number of hydrogen-bond acceptors (Lipinski definition) is 3. The molecule has 5 nitrogen and oxygen atoms in total. The van der Waals surface area contributed by atoms with Gasteiger partial charge in [0.1, 0.15) is 23.3 Å². The van der Waals surface area contributed by atoms with Crippen LogP contribution in [-0.4, -0.2) is 16.8 Å². The zero-order valence-electron chi connectivity index (χ0n) is 15.9. The summed E-state index contributed by atoms with van der Waals surface area (Å²) in [5.74, 6) is -3.38. The first kappa shape index (κ1) is 22.6. The van der Waals surface area contributed by atoms with Crippen molar-refractivity contribution in [2.24, 2.45) is 0 Å². The highest BCUT2D eigenvalue weighted by molar-refractivity contribution is 6.36. The minimum atomic E-state index is -0.862. The zero-order chi connectivity index (χ0) is 22.7. The molecule has 3 aromatic rings. The molecule has 0 fully saturated rings. The standard InChI is InChI=1S/C21H14Cl2F3N3O2/c1-11(30)29(16-5-12(24)4-13(25)6-16)20-9-15(2-3-27-20)28-21(31)10-17-18(22)7-14(26)8-19(17)23/h2-9H,10H2,1H3,(H,27,28,31). The van der Waals surface area contributed by atoms with Crippen LogP contribution < -0.4 is 10.2 Å². The van der Waals surface area contributed by atoms with Crippen LogP contribution in [0, 0.1) is 17.5 Å². The Morgan fingerprint density at radius 1 is 0.968 bits per heavy atom. The molecule has 0 spiro atoms. The van der Waals surface area contributed by atoms with E-state index in [4.69, 9.17) is 23.2 Å². The first-order valence-electron chi connectivity index (χ1n) is 8.80. The van der Waals surface area contributed by atoms with Gasteiger partial charge in [-0.1, -0.05) is 23.2 Å². The summed E-state index contributed by atoms with van der Waals surface area (Å²) in [5, 5.41) is 2.60. The number of anilines is 3. The number of aromatic nitrogens is 1. The number of benzene rings is 2. The average Bonchev–Trinajstić information content (AvgIpc) is 2.64. The summed E-state index contributed by atoms with van der Waals surface area (Å²) in [6.07, 6.45) is 1.08. The third-order valence-corrected chi connectivity index (χ3v) is 4.80. The fourth-order valence-electron chi connectivity index (χ4n) is 2.87. The van der Waals surface area contributed by atoms with Crippen molar-refractivity contribution < 1.29 is 22.8 Å². The molecule has 10 heteroatoms. The summed E-state index contributed by atoms with van der Waals surface area (Å²) in [5.41, 5.74) is 0.440. The Balaban J connectivity index is 1.85. The summed E-state index contributed by atoms with van der Waals surface area (Å²) in [6, 6.07) is 7.55. The SMILES string of the molecule is CC(=O)N(c1cc(F)cc(F)c1)c1cc(NC(=O)Cc2c(Cl)cc(F)cc2Cl)ccn1. The third-order valence-electron chi connectivity index (χ3n) is 4.12. The van der Waals surface area contributed by atoms with E-state index in [0.717, 1.165) is 29.2 Å². The molecule has 160 valence electrons. The van der Waals surface area contributed by atoms with Crippen LogP contribution in [0.1, 0.15) is 12.5 Å². The fourth-order valence-corrected chi connectivity index (χ4v) is 3.46. The molecule has 1 aromatic heterocycles. The maximum Gasteiger partial charge on any atom is 0.229 e. The van der Waals surface area contributed by atoms with Gasteiger partial charge in [-0.25, -0.2) is 18.2 Å². The van der Waals surface area contributed by atoms with Crippen LogP contribution in [0.2, 0.25) is 10.0 Å². The average molecular weight is 468 g/mol. The van der Waals surface area contributed by atoms with E-state index in [0.29, 0.717) is 6.07 Å². The predicted octanol–water partition coefficient (Wildman–Crippen LogP) is 5.67. The van der Waals surface area contributed by atoms with Crippen molar-refractivity contribution in [3.63, 3.8) is 0 Å². The number of pyridine rings is 1. The van der Waals surface area contributed by atoms with Gasteiger partial charge >= 0.3 is 0 Å². The van der Waals surface area contributed by atoms with Crippen molar-refractivity contribution in [1.82, 2.24) is 4.98 Å². The van der Waals surface area contributed by atoms with Crippen molar-refractivity contribution in [2.45, 2.75) is 13.3 Å². The van der Waals surface area contributed by atoms with Crippen molar-refractivity contribution in [1.29, 1.82) is 0 Å². The molecule has 3 rings (SSSR count). The topological polar surface area (TPSA) is 62.3 Å². The van der Waals surface area contributed by atoms with Gasteiger partial charge in [-0.2, -0.15) is 0 Å². The second-order valence-corrected chi connectivity index (χ2v) is 7.27.